The number of nitrogens with zero attached hydrogens (tertiary/aromatic N) is 1. The largest absolute Gasteiger partial charge is 0.392 e. The van der Waals surface area contributed by atoms with Crippen molar-refractivity contribution in [2.75, 3.05) is 20.1 Å². The zero-order valence-corrected chi connectivity index (χ0v) is 8.19. The molecule has 13 heavy (non-hydrogen) atoms. The monoisotopic (exact) mass is 170 g/mol. The van der Waals surface area contributed by atoms with Crippen LogP contribution in [0, 0.1) is 0 Å². The molecule has 1 N–H and O–H groups in total. The molecule has 0 aromatic rings. The van der Waals surface area contributed by atoms with Crippen LogP contribution in [0.4, 0.5) is 0 Å². The average Bonchev–Trinajstić information content (AvgIpc) is 2.05. The van der Waals surface area contributed by atoms with E-state index >= 15 is 0 Å². The summed E-state index contributed by atoms with van der Waals surface area (Å²) >= 11 is 0. The Hall–Kier alpha value is 0.245. The van der Waals surface area contributed by atoms with E-state index in [0.717, 1.165) is 25.9 Å². The number of hydrogen-bond acceptors (Lipinski definition) is 2. The van der Waals surface area contributed by atoms with E-state index in [0.29, 0.717) is 0 Å². The van der Waals surface area contributed by atoms with Gasteiger partial charge in [0.25, 0.3) is 0 Å². The first-order chi connectivity index (χ1) is 6.06. The second-order valence-corrected chi connectivity index (χ2v) is 3.33. The molecule has 1 saturated heterocycles. The lowest BCUT2D eigenvalue weighted by molar-refractivity contribution is 0.0846. The Morgan fingerprint density at radius 2 is 2.08 bits per heavy atom. The third-order valence-corrected chi connectivity index (χ3v) is 1.82. The summed E-state index contributed by atoms with van der Waals surface area (Å²) in [4.78, 5) is 2.16. The SMILES string of the molecule is CN1CCCC(O)C1.[B][B]B([B])[B]. The van der Waals surface area contributed by atoms with Gasteiger partial charge in [-0.05, 0) is 26.4 Å². The van der Waals surface area contributed by atoms with Gasteiger partial charge in [-0.25, -0.2) is 0 Å². The molecule has 7 heteroatoms. The molecule has 1 aliphatic rings. The molecule has 7 radical (unpaired) electrons. The van der Waals surface area contributed by atoms with Crippen molar-refractivity contribution >= 4 is 36.7 Å². The third-order valence-electron chi connectivity index (χ3n) is 1.82. The summed E-state index contributed by atoms with van der Waals surface area (Å²) < 4.78 is 0. The van der Waals surface area contributed by atoms with Crippen molar-refractivity contribution in [3.05, 3.63) is 0 Å². The van der Waals surface area contributed by atoms with Crippen molar-refractivity contribution in [1.29, 1.82) is 0 Å². The van der Waals surface area contributed by atoms with Crippen LogP contribution in [-0.4, -0.2) is 72.9 Å². The number of rotatable bonds is 1. The summed E-state index contributed by atoms with van der Waals surface area (Å²) in [7, 11) is 17.8. The van der Waals surface area contributed by atoms with Crippen molar-refractivity contribution in [2.24, 2.45) is 0 Å². The van der Waals surface area contributed by atoms with E-state index in [1.54, 1.807) is 0 Å². The lowest BCUT2D eigenvalue weighted by Crippen LogP contribution is -2.34. The number of piperidine rings is 1. The fraction of sp³-hybridized carbons (Fsp3) is 1.00. The molecule has 2 nitrogen and oxygen atoms in total. The van der Waals surface area contributed by atoms with Gasteiger partial charge in [0.15, 0.2) is 0 Å². The second kappa shape index (κ2) is 7.63. The van der Waals surface area contributed by atoms with Gasteiger partial charge >= 0.3 is 0 Å². The normalized spacial score (nSPS) is 22.8. The maximum atomic E-state index is 9.04. The van der Waals surface area contributed by atoms with E-state index in [1.165, 1.54) is 7.06 Å². The van der Waals surface area contributed by atoms with Gasteiger partial charge in [-0.1, -0.05) is 0 Å². The topological polar surface area (TPSA) is 23.5 Å². The number of likely N-dealkylation sites (N-methyl/N-ethyl adjacent to an activating group) is 1. The zero-order valence-electron chi connectivity index (χ0n) is 8.19. The van der Waals surface area contributed by atoms with Gasteiger partial charge in [-0.2, -0.15) is 0 Å². The first-order valence-electron chi connectivity index (χ1n) is 4.49. The lowest BCUT2D eigenvalue weighted by atomic mass is 8.97. The molecule has 0 aromatic carbocycles. The van der Waals surface area contributed by atoms with Crippen LogP contribution < -0.4 is 0 Å². The maximum absolute atomic E-state index is 9.04. The molecular weight excluding hydrogens is 156 g/mol. The van der Waals surface area contributed by atoms with Crippen LogP contribution in [0.2, 0.25) is 0 Å². The highest BCUT2D eigenvalue weighted by molar-refractivity contribution is 7.60. The quantitative estimate of drug-likeness (QED) is 0.467. The van der Waals surface area contributed by atoms with Gasteiger partial charge in [0.05, 0.1) is 6.10 Å². The Morgan fingerprint density at radius 1 is 1.54 bits per heavy atom. The number of likely N-dealkylation sites (tertiary alicyclic amines) is 1. The minimum Gasteiger partial charge on any atom is -0.392 e. The van der Waals surface area contributed by atoms with Crippen molar-refractivity contribution in [3.8, 4) is 0 Å². The number of hydrogen-bond donors (Lipinski definition) is 1. The van der Waals surface area contributed by atoms with Gasteiger partial charge in [0, 0.05) is 43.2 Å². The molecule has 1 unspecified atom stereocenters. The fourth-order valence-corrected chi connectivity index (χ4v) is 1.14. The van der Waals surface area contributed by atoms with E-state index < -0.39 is 6.39 Å². The minimum absolute atomic E-state index is 0.0613. The molecule has 1 heterocycles. The van der Waals surface area contributed by atoms with Crippen molar-refractivity contribution < 1.29 is 5.11 Å². The Bertz CT molecular complexity index is 118. The van der Waals surface area contributed by atoms with E-state index in [2.05, 4.69) is 4.90 Å². The molecule has 63 valence electrons. The van der Waals surface area contributed by atoms with Gasteiger partial charge in [0.1, 0.15) is 0 Å². The van der Waals surface area contributed by atoms with Crippen molar-refractivity contribution in [1.82, 2.24) is 4.90 Å². The molecule has 1 rings (SSSR count). The molecule has 1 atom stereocenters. The van der Waals surface area contributed by atoms with E-state index in [4.69, 9.17) is 28.3 Å². The Morgan fingerprint density at radius 3 is 2.31 bits per heavy atom. The van der Waals surface area contributed by atoms with Crippen LogP contribution in [0.3, 0.4) is 0 Å². The fourth-order valence-electron chi connectivity index (χ4n) is 1.14. The highest BCUT2D eigenvalue weighted by atomic mass is 16.3. The second-order valence-electron chi connectivity index (χ2n) is 3.33. The Kier molecular flexibility index (Phi) is 7.77. The van der Waals surface area contributed by atoms with Crippen LogP contribution in [0.5, 0.6) is 0 Å². The minimum atomic E-state index is -0.463. The predicted octanol–water partition coefficient (Wildman–Crippen LogP) is -1.83. The first kappa shape index (κ1) is 13.2. The summed E-state index contributed by atoms with van der Waals surface area (Å²) in [6.45, 7) is 2.01. The van der Waals surface area contributed by atoms with E-state index in [9.17, 15) is 0 Å². The highest BCUT2D eigenvalue weighted by Gasteiger charge is 2.12. The highest BCUT2D eigenvalue weighted by Crippen LogP contribution is 2.06. The number of β-amino-alcohol motifs (C(OH)–C–C–N with tert-alkyl or cyclic N) is 1. The Balaban J connectivity index is 0.000000252. The molecule has 0 spiro atoms. The van der Waals surface area contributed by atoms with E-state index in [1.807, 2.05) is 7.05 Å². The smallest absolute Gasteiger partial charge is 0.0667 e. The van der Waals surface area contributed by atoms with Gasteiger partial charge in [-0.3, -0.25) is 0 Å². The summed E-state index contributed by atoms with van der Waals surface area (Å²) in [5, 5.41) is 9.04. The molecular formula is C6H13B5NO. The van der Waals surface area contributed by atoms with Gasteiger partial charge < -0.3 is 10.0 Å². The summed E-state index contributed by atoms with van der Waals surface area (Å²) in [5.41, 5.74) is 0. The van der Waals surface area contributed by atoms with Gasteiger partial charge in [0.2, 0.25) is 0 Å². The molecule has 0 aliphatic carbocycles. The summed E-state index contributed by atoms with van der Waals surface area (Å²) in [5.74, 6) is 0. The van der Waals surface area contributed by atoms with Crippen LogP contribution in [0.15, 0.2) is 0 Å². The van der Waals surface area contributed by atoms with Crippen LogP contribution in [-0.2, 0) is 0 Å². The number of aliphatic hydroxyl groups is 1. The average molecular weight is 169 g/mol. The maximum Gasteiger partial charge on any atom is 0.0667 e. The zero-order chi connectivity index (χ0) is 10.3. The van der Waals surface area contributed by atoms with Crippen LogP contribution in [0.25, 0.3) is 0 Å². The summed E-state index contributed by atoms with van der Waals surface area (Å²) in [6.07, 6.45) is 1.62. The first-order valence-corrected chi connectivity index (χ1v) is 4.49. The van der Waals surface area contributed by atoms with Crippen LogP contribution in [0.1, 0.15) is 12.8 Å². The lowest BCUT2D eigenvalue weighted by Gasteiger charge is -2.25. The summed E-state index contributed by atoms with van der Waals surface area (Å²) in [6, 6.07) is 0. The van der Waals surface area contributed by atoms with Crippen molar-refractivity contribution in [3.63, 3.8) is 0 Å². The molecule has 0 aromatic heterocycles. The molecule has 1 aliphatic heterocycles. The molecule has 0 amide bonds. The standard InChI is InChI=1S/C6H13NO.B5/c1-7-4-2-3-6(8)5-7;1-4-5(2)3/h6,8H,2-5H2,1H3;. The molecule has 0 saturated carbocycles. The van der Waals surface area contributed by atoms with Crippen LogP contribution >= 0.6 is 0 Å². The molecule has 0 bridgehead atoms. The predicted molar refractivity (Wildman–Crippen MR) is 61.5 cm³/mol. The van der Waals surface area contributed by atoms with Crippen molar-refractivity contribution in [2.45, 2.75) is 18.9 Å². The number of aliphatic hydroxyl groups excluding tert-OH is 1. The Labute approximate surface area is 86.3 Å². The van der Waals surface area contributed by atoms with Gasteiger partial charge in [-0.15, -0.1) is 0 Å². The molecule has 1 fully saturated rings. The van der Waals surface area contributed by atoms with E-state index in [-0.39, 0.29) is 6.10 Å². The third kappa shape index (κ3) is 8.57.